The number of ether oxygens (including phenoxy) is 2. The number of rotatable bonds is 8. The van der Waals surface area contributed by atoms with Crippen molar-refractivity contribution in [1.29, 1.82) is 0 Å². The van der Waals surface area contributed by atoms with Gasteiger partial charge in [0, 0.05) is 28.6 Å². The predicted octanol–water partition coefficient (Wildman–Crippen LogP) is 7.28. The lowest BCUT2D eigenvalue weighted by molar-refractivity contribution is -0.0141. The quantitative estimate of drug-likeness (QED) is 0.210. The Bertz CT molecular complexity index is 1770. The summed E-state index contributed by atoms with van der Waals surface area (Å²) in [7, 11) is 0. The van der Waals surface area contributed by atoms with Crippen LogP contribution in [0.2, 0.25) is 0 Å². The molecule has 0 spiro atoms. The van der Waals surface area contributed by atoms with Gasteiger partial charge in [0.05, 0.1) is 22.0 Å². The number of pyridine rings is 1. The second-order valence-corrected chi connectivity index (χ2v) is 13.8. The Morgan fingerprint density at radius 1 is 1.09 bits per heavy atom. The van der Waals surface area contributed by atoms with Gasteiger partial charge in [0.15, 0.2) is 5.78 Å². The summed E-state index contributed by atoms with van der Waals surface area (Å²) in [5.74, 6) is 0.458. The molecule has 44 heavy (non-hydrogen) atoms. The number of thiophene rings is 1. The van der Waals surface area contributed by atoms with Crippen LogP contribution in [0.15, 0.2) is 60.8 Å². The number of aromatic nitrogens is 1. The van der Waals surface area contributed by atoms with Gasteiger partial charge in [0.1, 0.15) is 18.0 Å². The minimum Gasteiger partial charge on any atom is -0.491 e. The highest BCUT2D eigenvalue weighted by atomic mass is 32.1. The highest BCUT2D eigenvalue weighted by Gasteiger charge is 2.47. The van der Waals surface area contributed by atoms with Gasteiger partial charge in [-0.1, -0.05) is 12.1 Å². The Hall–Kier alpha value is -4.24. The van der Waals surface area contributed by atoms with Gasteiger partial charge < -0.3 is 19.7 Å². The van der Waals surface area contributed by atoms with Gasteiger partial charge in [-0.2, -0.15) is 0 Å². The largest absolute Gasteiger partial charge is 0.491 e. The summed E-state index contributed by atoms with van der Waals surface area (Å²) < 4.78 is 11.6. The van der Waals surface area contributed by atoms with E-state index < -0.39 is 11.1 Å². The van der Waals surface area contributed by atoms with Gasteiger partial charge in [-0.05, 0) is 113 Å². The lowest BCUT2D eigenvalue weighted by atomic mass is 9.95. The zero-order valence-corrected chi connectivity index (χ0v) is 26.5. The highest BCUT2D eigenvalue weighted by Crippen LogP contribution is 2.49. The van der Waals surface area contributed by atoms with E-state index in [9.17, 15) is 14.4 Å². The number of nitrogens with zero attached hydrogens (tertiary/aromatic N) is 2. The number of carbonyl (C=O) groups excluding carboxylic acids is 3. The van der Waals surface area contributed by atoms with Crippen LogP contribution >= 0.6 is 11.3 Å². The van der Waals surface area contributed by atoms with Crippen LogP contribution in [-0.4, -0.2) is 52.5 Å². The van der Waals surface area contributed by atoms with Crippen molar-refractivity contribution in [3.05, 3.63) is 82.4 Å². The molecule has 0 bridgehead atoms. The average Bonchev–Trinajstić information content (AvgIpc) is 3.54. The van der Waals surface area contributed by atoms with Crippen LogP contribution in [0.1, 0.15) is 78.1 Å². The summed E-state index contributed by atoms with van der Waals surface area (Å²) >= 11 is 1.47. The number of Topliss-reactive ketones (excluding diaryl/α,β-unsaturated/α-hetero) is 1. The van der Waals surface area contributed by atoms with E-state index in [0.29, 0.717) is 29.3 Å². The number of benzene rings is 2. The number of aryl methyl sites for hydroxylation is 1. The van der Waals surface area contributed by atoms with Crippen molar-refractivity contribution >= 4 is 40.0 Å². The van der Waals surface area contributed by atoms with Crippen LogP contribution in [0.4, 0.5) is 4.79 Å². The van der Waals surface area contributed by atoms with Crippen molar-refractivity contribution in [2.75, 3.05) is 13.2 Å². The molecule has 1 atom stereocenters. The summed E-state index contributed by atoms with van der Waals surface area (Å²) in [5, 5.41) is 4.35. The molecular formula is C35H37N3O5S. The number of likely N-dealkylation sites (tertiary alicyclic amines) is 1. The fraction of sp³-hybridized carbons (Fsp3) is 0.371. The van der Waals surface area contributed by atoms with E-state index in [4.69, 9.17) is 9.47 Å². The van der Waals surface area contributed by atoms with Crippen LogP contribution in [0, 0.1) is 6.92 Å². The summed E-state index contributed by atoms with van der Waals surface area (Å²) in [6, 6.07) is 17.4. The third-order valence-corrected chi connectivity index (χ3v) is 9.48. The number of fused-ring (bicyclic) bond motifs is 1. The average molecular weight is 612 g/mol. The maximum Gasteiger partial charge on any atom is 0.410 e. The van der Waals surface area contributed by atoms with Crippen LogP contribution in [0.5, 0.6) is 5.75 Å². The van der Waals surface area contributed by atoms with E-state index in [1.165, 1.54) is 11.3 Å². The van der Waals surface area contributed by atoms with Gasteiger partial charge in [-0.15, -0.1) is 11.3 Å². The Morgan fingerprint density at radius 3 is 2.55 bits per heavy atom. The summed E-state index contributed by atoms with van der Waals surface area (Å²) in [5.41, 5.74) is 3.19. The van der Waals surface area contributed by atoms with Crippen LogP contribution < -0.4 is 10.1 Å². The third-order valence-electron chi connectivity index (χ3n) is 8.24. The third kappa shape index (κ3) is 6.06. The fourth-order valence-corrected chi connectivity index (χ4v) is 6.47. The minimum atomic E-state index is -0.552. The molecule has 228 valence electrons. The standard InChI is InChI=1S/C35H37N3O5S/c1-21-8-9-25(42-20-24-12-16-38(24)33(41)43-34(3,4)5)19-27(21)32(40)37-35(13-14-35)28-17-23(18-29-26(28)7-6-15-36-29)31-11-10-30(44-31)22(2)39/h6-11,15,17-19,24H,12-14,16,20H2,1-5H3,(H,37,40)/t24-/m0/s1. The normalized spacial score (nSPS) is 17.1. The van der Waals surface area contributed by atoms with Crippen molar-refractivity contribution < 1.29 is 23.9 Å². The Labute approximate surface area is 261 Å². The highest BCUT2D eigenvalue weighted by molar-refractivity contribution is 7.17. The minimum absolute atomic E-state index is 0.0425. The molecule has 6 rings (SSSR count). The van der Waals surface area contributed by atoms with E-state index in [0.717, 1.165) is 51.7 Å². The molecule has 9 heteroatoms. The lowest BCUT2D eigenvalue weighted by Crippen LogP contribution is -2.55. The number of hydrogen-bond donors (Lipinski definition) is 1. The van der Waals surface area contributed by atoms with Crippen molar-refractivity contribution in [1.82, 2.24) is 15.2 Å². The molecule has 3 heterocycles. The maximum atomic E-state index is 13.8. The smallest absolute Gasteiger partial charge is 0.410 e. The van der Waals surface area contributed by atoms with E-state index >= 15 is 0 Å². The van der Waals surface area contributed by atoms with E-state index in [1.807, 2.05) is 70.2 Å². The number of ketones is 1. The first-order chi connectivity index (χ1) is 20.9. The van der Waals surface area contributed by atoms with Gasteiger partial charge >= 0.3 is 6.09 Å². The van der Waals surface area contributed by atoms with Crippen LogP contribution in [0.3, 0.4) is 0 Å². The van der Waals surface area contributed by atoms with Crippen molar-refractivity contribution in [2.45, 2.75) is 71.1 Å². The first-order valence-electron chi connectivity index (χ1n) is 15.0. The van der Waals surface area contributed by atoms with E-state index in [-0.39, 0.29) is 23.8 Å². The molecule has 1 N–H and O–H groups in total. The monoisotopic (exact) mass is 611 g/mol. The molecular weight excluding hydrogens is 574 g/mol. The fourth-order valence-electron chi connectivity index (χ4n) is 5.58. The molecule has 1 saturated carbocycles. The molecule has 1 aliphatic heterocycles. The summed E-state index contributed by atoms with van der Waals surface area (Å²) in [6.07, 6.45) is 3.90. The van der Waals surface area contributed by atoms with Gasteiger partial charge in [0.25, 0.3) is 5.91 Å². The topological polar surface area (TPSA) is 97.8 Å². The molecule has 4 aromatic rings. The van der Waals surface area contributed by atoms with Gasteiger partial charge in [-0.3, -0.25) is 14.6 Å². The Kier molecular flexibility index (Phi) is 7.70. The second-order valence-electron chi connectivity index (χ2n) is 12.8. The molecule has 0 unspecified atom stereocenters. The van der Waals surface area contributed by atoms with Crippen LogP contribution in [0.25, 0.3) is 21.3 Å². The number of amides is 2. The molecule has 2 aliphatic rings. The lowest BCUT2D eigenvalue weighted by Gasteiger charge is -2.41. The number of carbonyl (C=O) groups is 3. The zero-order chi connectivity index (χ0) is 31.2. The molecule has 8 nitrogen and oxygen atoms in total. The maximum absolute atomic E-state index is 13.8. The van der Waals surface area contributed by atoms with E-state index in [1.54, 1.807) is 24.1 Å². The van der Waals surface area contributed by atoms with Crippen molar-refractivity contribution in [3.8, 4) is 16.2 Å². The molecule has 1 saturated heterocycles. The molecule has 2 aromatic carbocycles. The number of hydrogen-bond acceptors (Lipinski definition) is 7. The molecule has 0 radical (unpaired) electrons. The molecule has 2 amide bonds. The molecule has 1 aliphatic carbocycles. The Balaban J connectivity index is 1.21. The van der Waals surface area contributed by atoms with Gasteiger partial charge in [-0.25, -0.2) is 4.79 Å². The molecule has 2 aromatic heterocycles. The van der Waals surface area contributed by atoms with E-state index in [2.05, 4.69) is 16.4 Å². The van der Waals surface area contributed by atoms with Crippen molar-refractivity contribution in [2.24, 2.45) is 0 Å². The summed E-state index contributed by atoms with van der Waals surface area (Å²) in [6.45, 7) is 10.0. The summed E-state index contributed by atoms with van der Waals surface area (Å²) in [4.78, 5) is 46.3. The van der Waals surface area contributed by atoms with Crippen LogP contribution in [-0.2, 0) is 10.3 Å². The zero-order valence-electron chi connectivity index (χ0n) is 25.7. The Morgan fingerprint density at radius 2 is 1.89 bits per heavy atom. The van der Waals surface area contributed by atoms with Gasteiger partial charge in [0.2, 0.25) is 0 Å². The second kappa shape index (κ2) is 11.4. The number of nitrogens with one attached hydrogen (secondary N) is 1. The first kappa shape index (κ1) is 29.8. The predicted molar refractivity (Wildman–Crippen MR) is 171 cm³/mol. The van der Waals surface area contributed by atoms with Crippen molar-refractivity contribution in [3.63, 3.8) is 0 Å². The first-order valence-corrected chi connectivity index (χ1v) is 15.8. The SMILES string of the molecule is CC(=O)c1ccc(-c2cc(C3(NC(=O)c4cc(OC[C@@H]5CCN5C(=O)OC(C)(C)C)ccc4C)CC3)c3cccnc3c2)s1. The molecule has 2 fully saturated rings.